The molecular formula is C15H20N2O5. The van der Waals surface area contributed by atoms with Gasteiger partial charge in [0.25, 0.3) is 0 Å². The molecule has 0 aliphatic carbocycles. The summed E-state index contributed by atoms with van der Waals surface area (Å²) in [7, 11) is 0. The molecule has 1 aromatic carbocycles. The van der Waals surface area contributed by atoms with Gasteiger partial charge >= 0.3 is 5.97 Å². The van der Waals surface area contributed by atoms with Crippen molar-refractivity contribution in [1.82, 2.24) is 5.32 Å². The van der Waals surface area contributed by atoms with Gasteiger partial charge in [-0.2, -0.15) is 0 Å². The highest BCUT2D eigenvalue weighted by Crippen LogP contribution is 2.14. The number of hydrogen-bond acceptors (Lipinski definition) is 5. The summed E-state index contributed by atoms with van der Waals surface area (Å²) in [5.74, 6) is -1.38. The van der Waals surface area contributed by atoms with E-state index in [1.165, 1.54) is 12.1 Å². The van der Waals surface area contributed by atoms with Crippen LogP contribution in [0.15, 0.2) is 24.3 Å². The lowest BCUT2D eigenvalue weighted by atomic mass is 10.1. The second-order valence-electron chi connectivity index (χ2n) is 5.23. The Labute approximate surface area is 128 Å². The number of carbonyl (C=O) groups is 2. The maximum atomic E-state index is 11.9. The van der Waals surface area contributed by atoms with Gasteiger partial charge < -0.3 is 25.6 Å². The number of aromatic hydroxyl groups is 1. The van der Waals surface area contributed by atoms with Crippen molar-refractivity contribution in [3.63, 3.8) is 0 Å². The molecule has 1 heterocycles. The third-order valence-corrected chi connectivity index (χ3v) is 3.45. The first kappa shape index (κ1) is 16.3. The molecule has 0 unspecified atom stereocenters. The van der Waals surface area contributed by atoms with Gasteiger partial charge in [-0.3, -0.25) is 9.59 Å². The van der Waals surface area contributed by atoms with E-state index in [-0.39, 0.29) is 18.3 Å². The Bertz CT molecular complexity index is 511. The molecule has 1 aliphatic rings. The summed E-state index contributed by atoms with van der Waals surface area (Å²) in [6.45, 7) is 1.12. The van der Waals surface area contributed by atoms with Crippen LogP contribution >= 0.6 is 0 Å². The average Bonchev–Trinajstić information content (AvgIpc) is 2.99. The second kappa shape index (κ2) is 7.77. The van der Waals surface area contributed by atoms with Gasteiger partial charge in [-0.05, 0) is 37.1 Å². The van der Waals surface area contributed by atoms with E-state index in [2.05, 4.69) is 10.6 Å². The molecule has 22 heavy (non-hydrogen) atoms. The number of rotatable bonds is 7. The minimum Gasteiger partial charge on any atom is -0.508 e. The van der Waals surface area contributed by atoms with E-state index in [0.29, 0.717) is 18.8 Å². The molecule has 120 valence electrons. The fourth-order valence-electron chi connectivity index (χ4n) is 2.27. The van der Waals surface area contributed by atoms with Gasteiger partial charge in [-0.25, -0.2) is 0 Å². The number of anilines is 1. The van der Waals surface area contributed by atoms with Crippen LogP contribution in [0.3, 0.4) is 0 Å². The van der Waals surface area contributed by atoms with E-state index in [9.17, 15) is 19.8 Å². The van der Waals surface area contributed by atoms with Crippen molar-refractivity contribution in [3.05, 3.63) is 24.3 Å². The Morgan fingerprint density at radius 2 is 2.05 bits per heavy atom. The maximum absolute atomic E-state index is 11.9. The fraction of sp³-hybridized carbons (Fsp3) is 0.467. The van der Waals surface area contributed by atoms with Crippen molar-refractivity contribution in [2.45, 2.75) is 31.4 Å². The predicted octanol–water partition coefficient (Wildman–Crippen LogP) is 0.943. The molecule has 0 aromatic heterocycles. The molecule has 0 saturated carbocycles. The van der Waals surface area contributed by atoms with Crippen molar-refractivity contribution in [2.24, 2.45) is 0 Å². The lowest BCUT2D eigenvalue weighted by molar-refractivity contribution is -0.141. The third kappa shape index (κ3) is 5.01. The number of carboxylic acids is 1. The Morgan fingerprint density at radius 1 is 1.32 bits per heavy atom. The summed E-state index contributed by atoms with van der Waals surface area (Å²) in [5, 5.41) is 23.8. The zero-order valence-electron chi connectivity index (χ0n) is 12.1. The van der Waals surface area contributed by atoms with E-state index >= 15 is 0 Å². The highest BCUT2D eigenvalue weighted by atomic mass is 16.5. The van der Waals surface area contributed by atoms with Gasteiger partial charge in [-0.15, -0.1) is 0 Å². The first-order valence-electron chi connectivity index (χ1n) is 7.21. The molecule has 1 aliphatic heterocycles. The van der Waals surface area contributed by atoms with E-state index in [1.54, 1.807) is 12.1 Å². The van der Waals surface area contributed by atoms with Crippen LogP contribution in [0.25, 0.3) is 0 Å². The molecule has 1 amide bonds. The quantitative estimate of drug-likeness (QED) is 0.558. The summed E-state index contributed by atoms with van der Waals surface area (Å²) in [6, 6.07) is 5.02. The maximum Gasteiger partial charge on any atom is 0.321 e. The zero-order chi connectivity index (χ0) is 15.9. The number of amides is 1. The summed E-state index contributed by atoms with van der Waals surface area (Å²) in [6.07, 6.45) is 1.72. The van der Waals surface area contributed by atoms with Crippen LogP contribution < -0.4 is 10.6 Å². The second-order valence-corrected chi connectivity index (χ2v) is 5.23. The molecular weight excluding hydrogens is 288 g/mol. The minimum atomic E-state index is -1.07. The average molecular weight is 308 g/mol. The van der Waals surface area contributed by atoms with Gasteiger partial charge in [0.1, 0.15) is 11.8 Å². The number of nitrogens with one attached hydrogen (secondary N) is 2. The molecule has 0 bridgehead atoms. The number of aliphatic carboxylic acids is 1. The number of phenols is 1. The van der Waals surface area contributed by atoms with Gasteiger partial charge in [0, 0.05) is 18.8 Å². The van der Waals surface area contributed by atoms with E-state index < -0.39 is 17.9 Å². The first-order valence-corrected chi connectivity index (χ1v) is 7.21. The zero-order valence-corrected chi connectivity index (χ0v) is 12.1. The summed E-state index contributed by atoms with van der Waals surface area (Å²) < 4.78 is 5.42. The third-order valence-electron chi connectivity index (χ3n) is 3.45. The monoisotopic (exact) mass is 308 g/mol. The Hall–Kier alpha value is -2.12. The minimum absolute atomic E-state index is 0.0157. The number of ether oxygens (including phenoxy) is 1. The van der Waals surface area contributed by atoms with Crippen molar-refractivity contribution >= 4 is 17.6 Å². The molecule has 1 saturated heterocycles. The number of hydrogen-bond donors (Lipinski definition) is 4. The molecule has 4 N–H and O–H groups in total. The Morgan fingerprint density at radius 3 is 2.64 bits per heavy atom. The molecule has 1 fully saturated rings. The highest BCUT2D eigenvalue weighted by Gasteiger charge is 2.23. The summed E-state index contributed by atoms with van der Waals surface area (Å²) >= 11 is 0. The van der Waals surface area contributed by atoms with Crippen molar-refractivity contribution < 1.29 is 24.5 Å². The van der Waals surface area contributed by atoms with Crippen LogP contribution in [0.5, 0.6) is 5.75 Å². The Kier molecular flexibility index (Phi) is 5.74. The van der Waals surface area contributed by atoms with Crippen LogP contribution in [-0.4, -0.2) is 47.4 Å². The topological polar surface area (TPSA) is 108 Å². The highest BCUT2D eigenvalue weighted by molar-refractivity contribution is 5.94. The summed E-state index contributed by atoms with van der Waals surface area (Å²) in [4.78, 5) is 23.1. The van der Waals surface area contributed by atoms with Crippen molar-refractivity contribution in [3.8, 4) is 5.75 Å². The van der Waals surface area contributed by atoms with E-state index in [0.717, 1.165) is 12.8 Å². The summed E-state index contributed by atoms with van der Waals surface area (Å²) in [5.41, 5.74) is 0.506. The lowest BCUT2D eigenvalue weighted by Crippen LogP contribution is -2.43. The molecule has 0 spiro atoms. The smallest absolute Gasteiger partial charge is 0.321 e. The lowest BCUT2D eigenvalue weighted by Gasteiger charge is -2.17. The SMILES string of the molecule is O=C(C[C@H](NC[C@@H]1CCCO1)C(=O)O)Nc1ccc(O)cc1. The van der Waals surface area contributed by atoms with Crippen LogP contribution in [0, 0.1) is 0 Å². The molecule has 7 nitrogen and oxygen atoms in total. The van der Waals surface area contributed by atoms with Crippen LogP contribution in [-0.2, 0) is 14.3 Å². The molecule has 0 radical (unpaired) electrons. The first-order chi connectivity index (χ1) is 10.5. The van der Waals surface area contributed by atoms with Gasteiger partial charge in [0.15, 0.2) is 0 Å². The van der Waals surface area contributed by atoms with Gasteiger partial charge in [-0.1, -0.05) is 0 Å². The fourth-order valence-corrected chi connectivity index (χ4v) is 2.27. The van der Waals surface area contributed by atoms with Crippen molar-refractivity contribution in [1.29, 1.82) is 0 Å². The predicted molar refractivity (Wildman–Crippen MR) is 79.8 cm³/mol. The van der Waals surface area contributed by atoms with Crippen molar-refractivity contribution in [2.75, 3.05) is 18.5 Å². The van der Waals surface area contributed by atoms with E-state index in [4.69, 9.17) is 4.74 Å². The number of benzene rings is 1. The Balaban J connectivity index is 1.82. The number of carboxylic acid groups (broad SMARTS) is 1. The van der Waals surface area contributed by atoms with Crippen LogP contribution in [0.1, 0.15) is 19.3 Å². The van der Waals surface area contributed by atoms with Gasteiger partial charge in [0.05, 0.1) is 12.5 Å². The number of carbonyl (C=O) groups excluding carboxylic acids is 1. The van der Waals surface area contributed by atoms with Crippen LogP contribution in [0.4, 0.5) is 5.69 Å². The number of phenolic OH excluding ortho intramolecular Hbond substituents is 1. The normalized spacial score (nSPS) is 18.8. The van der Waals surface area contributed by atoms with Gasteiger partial charge in [0.2, 0.25) is 5.91 Å². The standard InChI is InChI=1S/C15H20N2O5/c18-11-5-3-10(4-6-11)17-14(19)8-13(15(20)21)16-9-12-2-1-7-22-12/h3-6,12-13,16,18H,1-2,7-9H2,(H,17,19)(H,20,21)/t12-,13-/m0/s1. The van der Waals surface area contributed by atoms with Crippen LogP contribution in [0.2, 0.25) is 0 Å². The molecule has 1 aromatic rings. The largest absolute Gasteiger partial charge is 0.508 e. The molecule has 7 heteroatoms. The van der Waals surface area contributed by atoms with E-state index in [1.807, 2.05) is 0 Å². The molecule has 2 atom stereocenters. The molecule has 2 rings (SSSR count).